The van der Waals surface area contributed by atoms with E-state index in [4.69, 9.17) is 4.74 Å². The van der Waals surface area contributed by atoms with E-state index in [0.717, 1.165) is 22.3 Å². The van der Waals surface area contributed by atoms with Gasteiger partial charge in [0.15, 0.2) is 0 Å². The molecule has 188 valence electrons. The fourth-order valence-corrected chi connectivity index (χ4v) is 4.60. The molecule has 2 N–H and O–H groups in total. The topological polar surface area (TPSA) is 95.9 Å². The van der Waals surface area contributed by atoms with Crippen molar-refractivity contribution in [1.82, 2.24) is 10.2 Å². The molecule has 0 spiro atoms. The summed E-state index contributed by atoms with van der Waals surface area (Å²) in [5.74, 6) is -2.05. The molecule has 0 heterocycles. The Balaban J connectivity index is 1.71. The molecule has 2 unspecified atom stereocenters. The highest BCUT2D eigenvalue weighted by Crippen LogP contribution is 2.44. The van der Waals surface area contributed by atoms with E-state index in [1.807, 2.05) is 45.0 Å². The molecule has 2 aromatic rings. The minimum atomic E-state index is -0.965. The Morgan fingerprint density at radius 2 is 1.57 bits per heavy atom. The summed E-state index contributed by atoms with van der Waals surface area (Å²) >= 11 is 0. The molecule has 0 aromatic heterocycles. The largest absolute Gasteiger partial charge is 0.481 e. The van der Waals surface area contributed by atoms with Crippen molar-refractivity contribution >= 4 is 18.0 Å². The fraction of sp³-hybridized carbons (Fsp3) is 0.464. The van der Waals surface area contributed by atoms with Gasteiger partial charge in [-0.05, 0) is 41.0 Å². The summed E-state index contributed by atoms with van der Waals surface area (Å²) < 4.78 is 5.65. The minimum absolute atomic E-state index is 0.0755. The first-order valence-electron chi connectivity index (χ1n) is 12.1. The van der Waals surface area contributed by atoms with Gasteiger partial charge in [0.05, 0.1) is 5.92 Å². The smallest absolute Gasteiger partial charge is 0.407 e. The Labute approximate surface area is 207 Å². The third kappa shape index (κ3) is 6.41. The molecule has 2 amide bonds. The van der Waals surface area contributed by atoms with Crippen LogP contribution in [0.1, 0.15) is 58.1 Å². The first-order chi connectivity index (χ1) is 16.5. The molecular formula is C28H36N2O5. The molecule has 0 saturated carbocycles. The molecule has 2 atom stereocenters. The SMILES string of the molecule is CCN(CC(C)C(=O)O)C(=O)C(CC(C)(C)C)NC(=O)OCC1c2ccccc2-c2ccccc21. The van der Waals surface area contributed by atoms with Gasteiger partial charge in [-0.3, -0.25) is 9.59 Å². The van der Waals surface area contributed by atoms with Gasteiger partial charge in [-0.15, -0.1) is 0 Å². The number of benzene rings is 2. The van der Waals surface area contributed by atoms with Gasteiger partial charge in [-0.25, -0.2) is 4.79 Å². The van der Waals surface area contributed by atoms with Crippen molar-refractivity contribution in [3.8, 4) is 11.1 Å². The lowest BCUT2D eigenvalue weighted by Gasteiger charge is -2.31. The van der Waals surface area contributed by atoms with Crippen LogP contribution < -0.4 is 5.32 Å². The highest BCUT2D eigenvalue weighted by molar-refractivity contribution is 5.86. The third-order valence-corrected chi connectivity index (χ3v) is 6.36. The fourth-order valence-electron chi connectivity index (χ4n) is 4.60. The molecule has 0 saturated heterocycles. The van der Waals surface area contributed by atoms with Crippen LogP contribution in [0.5, 0.6) is 0 Å². The highest BCUT2D eigenvalue weighted by Gasteiger charge is 2.33. The Morgan fingerprint density at radius 1 is 1.03 bits per heavy atom. The Bertz CT molecular complexity index is 1030. The number of ether oxygens (including phenoxy) is 1. The van der Waals surface area contributed by atoms with E-state index in [-0.39, 0.29) is 30.4 Å². The average molecular weight is 481 g/mol. The van der Waals surface area contributed by atoms with Crippen LogP contribution in [0.15, 0.2) is 48.5 Å². The maximum Gasteiger partial charge on any atom is 0.407 e. The van der Waals surface area contributed by atoms with Gasteiger partial charge < -0.3 is 20.1 Å². The molecule has 1 aliphatic carbocycles. The van der Waals surface area contributed by atoms with Crippen LogP contribution in [0.25, 0.3) is 11.1 Å². The van der Waals surface area contributed by atoms with E-state index in [1.54, 1.807) is 13.8 Å². The Hall–Kier alpha value is -3.35. The lowest BCUT2D eigenvalue weighted by Crippen LogP contribution is -2.51. The van der Waals surface area contributed by atoms with Gasteiger partial charge in [0.2, 0.25) is 5.91 Å². The van der Waals surface area contributed by atoms with Crippen molar-refractivity contribution < 1.29 is 24.2 Å². The lowest BCUT2D eigenvalue weighted by atomic mass is 9.87. The summed E-state index contributed by atoms with van der Waals surface area (Å²) in [6.07, 6.45) is -0.259. The highest BCUT2D eigenvalue weighted by atomic mass is 16.5. The van der Waals surface area contributed by atoms with Gasteiger partial charge in [0, 0.05) is 19.0 Å². The molecule has 1 aliphatic rings. The summed E-state index contributed by atoms with van der Waals surface area (Å²) in [4.78, 5) is 39.0. The van der Waals surface area contributed by atoms with Crippen LogP contribution in [-0.2, 0) is 14.3 Å². The first-order valence-corrected chi connectivity index (χ1v) is 12.1. The number of hydrogen-bond donors (Lipinski definition) is 2. The van der Waals surface area contributed by atoms with Crippen molar-refractivity contribution in [3.05, 3.63) is 59.7 Å². The zero-order valence-electron chi connectivity index (χ0n) is 21.2. The van der Waals surface area contributed by atoms with Crippen molar-refractivity contribution in [2.75, 3.05) is 19.7 Å². The third-order valence-electron chi connectivity index (χ3n) is 6.36. The van der Waals surface area contributed by atoms with Crippen LogP contribution >= 0.6 is 0 Å². The number of likely N-dealkylation sites (N-methyl/N-ethyl adjacent to an activating group) is 1. The van der Waals surface area contributed by atoms with Crippen LogP contribution in [-0.4, -0.2) is 53.7 Å². The molecule has 0 radical (unpaired) electrons. The molecule has 0 bridgehead atoms. The standard InChI is InChI=1S/C28H36N2O5/c1-6-30(16-18(2)26(32)33)25(31)24(15-28(3,4)5)29-27(34)35-17-23-21-13-9-7-11-19(21)20-12-8-10-14-22(20)23/h7-14,18,23-24H,6,15-17H2,1-5H3,(H,29,34)(H,32,33). The number of carbonyl (C=O) groups excluding carboxylic acids is 2. The maximum absolute atomic E-state index is 13.3. The number of carboxylic acid groups (broad SMARTS) is 1. The number of carbonyl (C=O) groups is 3. The van der Waals surface area contributed by atoms with E-state index in [9.17, 15) is 19.5 Å². The zero-order chi connectivity index (χ0) is 25.8. The summed E-state index contributed by atoms with van der Waals surface area (Å²) in [6, 6.07) is 15.4. The molecular weight excluding hydrogens is 444 g/mol. The lowest BCUT2D eigenvalue weighted by molar-refractivity contribution is -0.143. The minimum Gasteiger partial charge on any atom is -0.481 e. The van der Waals surface area contributed by atoms with E-state index >= 15 is 0 Å². The second-order valence-corrected chi connectivity index (χ2v) is 10.4. The summed E-state index contributed by atoms with van der Waals surface area (Å²) in [5.41, 5.74) is 4.27. The van der Waals surface area contributed by atoms with Crippen LogP contribution in [0.4, 0.5) is 4.79 Å². The number of carboxylic acids is 1. The Morgan fingerprint density at radius 3 is 2.06 bits per heavy atom. The zero-order valence-corrected chi connectivity index (χ0v) is 21.2. The second kappa shape index (κ2) is 10.9. The van der Waals surface area contributed by atoms with Crippen molar-refractivity contribution in [2.24, 2.45) is 11.3 Å². The molecule has 2 aromatic carbocycles. The molecule has 0 fully saturated rings. The van der Waals surface area contributed by atoms with Gasteiger partial charge in [0.1, 0.15) is 12.6 Å². The van der Waals surface area contributed by atoms with Crippen molar-refractivity contribution in [2.45, 2.75) is 53.0 Å². The summed E-state index contributed by atoms with van der Waals surface area (Å²) in [6.45, 7) is 9.92. The second-order valence-electron chi connectivity index (χ2n) is 10.4. The number of amides is 2. The van der Waals surface area contributed by atoms with Crippen LogP contribution in [0, 0.1) is 11.3 Å². The predicted molar refractivity (Wildman–Crippen MR) is 135 cm³/mol. The summed E-state index contributed by atoms with van der Waals surface area (Å²) in [5, 5.41) is 12.0. The number of alkyl carbamates (subject to hydrolysis) is 1. The molecule has 3 rings (SSSR count). The van der Waals surface area contributed by atoms with Crippen LogP contribution in [0.2, 0.25) is 0 Å². The van der Waals surface area contributed by atoms with E-state index < -0.39 is 24.0 Å². The predicted octanol–water partition coefficient (Wildman–Crippen LogP) is 4.90. The average Bonchev–Trinajstić information content (AvgIpc) is 3.13. The van der Waals surface area contributed by atoms with E-state index in [1.165, 1.54) is 4.90 Å². The molecule has 7 nitrogen and oxygen atoms in total. The normalized spacial score (nSPS) is 14.4. The van der Waals surface area contributed by atoms with Gasteiger partial charge in [0.25, 0.3) is 0 Å². The molecule has 0 aliphatic heterocycles. The molecule has 35 heavy (non-hydrogen) atoms. The van der Waals surface area contributed by atoms with E-state index in [2.05, 4.69) is 29.6 Å². The number of nitrogens with one attached hydrogen (secondary N) is 1. The number of rotatable bonds is 9. The van der Waals surface area contributed by atoms with Gasteiger partial charge in [-0.2, -0.15) is 0 Å². The summed E-state index contributed by atoms with van der Waals surface area (Å²) in [7, 11) is 0. The quantitative estimate of drug-likeness (QED) is 0.532. The van der Waals surface area contributed by atoms with Gasteiger partial charge >= 0.3 is 12.1 Å². The monoisotopic (exact) mass is 480 g/mol. The van der Waals surface area contributed by atoms with E-state index in [0.29, 0.717) is 13.0 Å². The maximum atomic E-state index is 13.3. The van der Waals surface area contributed by atoms with Crippen LogP contribution in [0.3, 0.4) is 0 Å². The Kier molecular flexibility index (Phi) is 8.20. The number of hydrogen-bond acceptors (Lipinski definition) is 4. The number of aliphatic carboxylic acids is 1. The van der Waals surface area contributed by atoms with Crippen molar-refractivity contribution in [3.63, 3.8) is 0 Å². The van der Waals surface area contributed by atoms with Gasteiger partial charge in [-0.1, -0.05) is 76.2 Å². The van der Waals surface area contributed by atoms with Crippen molar-refractivity contribution in [1.29, 1.82) is 0 Å². The first kappa shape index (κ1) is 26.3. The number of nitrogens with zero attached hydrogens (tertiary/aromatic N) is 1. The molecule has 7 heteroatoms. The number of fused-ring (bicyclic) bond motifs is 3.